The maximum atomic E-state index is 5.81. The summed E-state index contributed by atoms with van der Waals surface area (Å²) >= 11 is 5.55. The van der Waals surface area contributed by atoms with E-state index in [0.29, 0.717) is 11.8 Å². The summed E-state index contributed by atoms with van der Waals surface area (Å²) in [5.74, 6) is 1.21. The fourth-order valence-corrected chi connectivity index (χ4v) is 3.49. The van der Waals surface area contributed by atoms with Crippen LogP contribution < -0.4 is 10.6 Å². The first kappa shape index (κ1) is 12.3. The maximum absolute atomic E-state index is 5.81. The van der Waals surface area contributed by atoms with Gasteiger partial charge in [-0.15, -0.1) is 0 Å². The van der Waals surface area contributed by atoms with Crippen molar-refractivity contribution in [3.05, 3.63) is 28.2 Å². The molecular formula is C12H17BrN2S. The number of thioether (sulfide) groups is 1. The minimum absolute atomic E-state index is 0.604. The van der Waals surface area contributed by atoms with Gasteiger partial charge in [-0.05, 0) is 23.8 Å². The molecule has 0 aromatic heterocycles. The number of nitrogens with two attached hydrogens (primary N) is 1. The zero-order chi connectivity index (χ0) is 11.5. The van der Waals surface area contributed by atoms with E-state index in [1.165, 1.54) is 17.0 Å². The van der Waals surface area contributed by atoms with Crippen molar-refractivity contribution in [2.45, 2.75) is 18.7 Å². The molecular weight excluding hydrogens is 284 g/mol. The summed E-state index contributed by atoms with van der Waals surface area (Å²) in [6, 6.07) is 6.40. The number of halogens is 1. The Labute approximate surface area is 110 Å². The van der Waals surface area contributed by atoms with Crippen LogP contribution >= 0.6 is 27.7 Å². The number of anilines is 1. The quantitative estimate of drug-likeness (QED) is 0.911. The van der Waals surface area contributed by atoms with Crippen LogP contribution in [0.1, 0.15) is 12.5 Å². The van der Waals surface area contributed by atoms with Crippen molar-refractivity contribution < 1.29 is 0 Å². The molecule has 0 amide bonds. The zero-order valence-corrected chi connectivity index (χ0v) is 11.9. The average molecular weight is 301 g/mol. The fourth-order valence-electron chi connectivity index (χ4n) is 2.06. The van der Waals surface area contributed by atoms with Crippen molar-refractivity contribution >= 4 is 33.4 Å². The van der Waals surface area contributed by atoms with Crippen LogP contribution in [0.4, 0.5) is 5.69 Å². The lowest BCUT2D eigenvalue weighted by molar-refractivity contribution is 0.776. The lowest BCUT2D eigenvalue weighted by Gasteiger charge is -2.33. The molecule has 88 valence electrons. The summed E-state index contributed by atoms with van der Waals surface area (Å²) in [4.78, 5) is 2.45. The van der Waals surface area contributed by atoms with Gasteiger partial charge in [-0.1, -0.05) is 22.9 Å². The standard InChI is InChI=1S/C12H17BrN2S/c1-9-8-15(4-5-16-9)12-3-2-11(13)6-10(12)7-14/h2-3,6,9H,4-5,7-8,14H2,1H3. The molecule has 2 N–H and O–H groups in total. The van der Waals surface area contributed by atoms with Crippen LogP contribution in [-0.4, -0.2) is 24.1 Å². The van der Waals surface area contributed by atoms with Gasteiger partial charge in [0.05, 0.1) is 0 Å². The number of hydrogen-bond acceptors (Lipinski definition) is 3. The molecule has 1 unspecified atom stereocenters. The molecule has 2 rings (SSSR count). The fraction of sp³-hybridized carbons (Fsp3) is 0.500. The van der Waals surface area contributed by atoms with Crippen molar-refractivity contribution in [2.75, 3.05) is 23.7 Å². The van der Waals surface area contributed by atoms with Gasteiger partial charge in [0.25, 0.3) is 0 Å². The average Bonchev–Trinajstić information content (AvgIpc) is 2.28. The third kappa shape index (κ3) is 2.73. The molecule has 1 saturated heterocycles. The molecule has 2 nitrogen and oxygen atoms in total. The Morgan fingerprint density at radius 3 is 3.06 bits per heavy atom. The van der Waals surface area contributed by atoms with Crippen LogP contribution in [0.25, 0.3) is 0 Å². The molecule has 1 aromatic rings. The Balaban J connectivity index is 2.24. The Kier molecular flexibility index (Phi) is 4.16. The van der Waals surface area contributed by atoms with Crippen molar-refractivity contribution in [3.8, 4) is 0 Å². The minimum atomic E-state index is 0.604. The van der Waals surface area contributed by atoms with Crippen LogP contribution in [0, 0.1) is 0 Å². The van der Waals surface area contributed by atoms with E-state index >= 15 is 0 Å². The van der Waals surface area contributed by atoms with Gasteiger partial charge in [-0.25, -0.2) is 0 Å². The molecule has 1 heterocycles. The molecule has 1 fully saturated rings. The van der Waals surface area contributed by atoms with Gasteiger partial charge >= 0.3 is 0 Å². The van der Waals surface area contributed by atoms with Crippen LogP contribution in [-0.2, 0) is 6.54 Å². The van der Waals surface area contributed by atoms with Gasteiger partial charge in [0.1, 0.15) is 0 Å². The van der Waals surface area contributed by atoms with E-state index in [4.69, 9.17) is 5.73 Å². The van der Waals surface area contributed by atoms with Crippen LogP contribution in [0.2, 0.25) is 0 Å². The molecule has 0 bridgehead atoms. The molecule has 4 heteroatoms. The molecule has 1 aliphatic heterocycles. The van der Waals surface area contributed by atoms with Gasteiger partial charge < -0.3 is 10.6 Å². The second kappa shape index (κ2) is 5.43. The normalized spacial score (nSPS) is 21.2. The van der Waals surface area contributed by atoms with Gasteiger partial charge in [0.2, 0.25) is 0 Å². The molecule has 0 radical (unpaired) electrons. The lowest BCUT2D eigenvalue weighted by atomic mass is 10.1. The molecule has 0 saturated carbocycles. The van der Waals surface area contributed by atoms with Gasteiger partial charge in [-0.2, -0.15) is 11.8 Å². The number of rotatable bonds is 2. The molecule has 1 aromatic carbocycles. The monoisotopic (exact) mass is 300 g/mol. The Hall–Kier alpha value is -0.190. The van der Waals surface area contributed by atoms with Crippen molar-refractivity contribution in [1.29, 1.82) is 0 Å². The van der Waals surface area contributed by atoms with E-state index in [1.807, 2.05) is 0 Å². The highest BCUT2D eigenvalue weighted by Gasteiger charge is 2.18. The highest BCUT2D eigenvalue weighted by molar-refractivity contribution is 9.10. The number of nitrogens with zero attached hydrogens (tertiary/aromatic N) is 1. The highest BCUT2D eigenvalue weighted by Crippen LogP contribution is 2.28. The van der Waals surface area contributed by atoms with E-state index in [1.54, 1.807) is 0 Å². The van der Waals surface area contributed by atoms with Gasteiger partial charge in [-0.3, -0.25) is 0 Å². The summed E-state index contributed by atoms with van der Waals surface area (Å²) in [6.45, 7) is 5.15. The van der Waals surface area contributed by atoms with Crippen LogP contribution in [0.3, 0.4) is 0 Å². The minimum Gasteiger partial charge on any atom is -0.369 e. The van der Waals surface area contributed by atoms with E-state index in [0.717, 1.165) is 17.6 Å². The molecule has 1 aliphatic rings. The third-order valence-corrected chi connectivity index (χ3v) is 4.47. The summed E-state index contributed by atoms with van der Waals surface area (Å²) in [7, 11) is 0. The number of benzene rings is 1. The van der Waals surface area contributed by atoms with E-state index in [2.05, 4.69) is 57.7 Å². The van der Waals surface area contributed by atoms with Gasteiger partial charge in [0, 0.05) is 40.8 Å². The van der Waals surface area contributed by atoms with Gasteiger partial charge in [0.15, 0.2) is 0 Å². The second-order valence-corrected chi connectivity index (χ2v) is 6.57. The first-order valence-electron chi connectivity index (χ1n) is 5.55. The first-order chi connectivity index (χ1) is 7.70. The second-order valence-electron chi connectivity index (χ2n) is 4.10. The number of hydrogen-bond donors (Lipinski definition) is 1. The van der Waals surface area contributed by atoms with E-state index in [-0.39, 0.29) is 0 Å². The van der Waals surface area contributed by atoms with Crippen molar-refractivity contribution in [3.63, 3.8) is 0 Å². The van der Waals surface area contributed by atoms with Crippen molar-refractivity contribution in [2.24, 2.45) is 5.73 Å². The Morgan fingerprint density at radius 1 is 1.56 bits per heavy atom. The molecule has 1 atom stereocenters. The summed E-state index contributed by atoms with van der Waals surface area (Å²) in [6.07, 6.45) is 0. The highest BCUT2D eigenvalue weighted by atomic mass is 79.9. The van der Waals surface area contributed by atoms with Crippen LogP contribution in [0.15, 0.2) is 22.7 Å². The summed E-state index contributed by atoms with van der Waals surface area (Å²) < 4.78 is 1.11. The maximum Gasteiger partial charge on any atom is 0.0413 e. The molecule has 0 spiro atoms. The predicted octanol–water partition coefficient (Wildman–Crippen LogP) is 2.85. The third-order valence-electron chi connectivity index (χ3n) is 2.84. The zero-order valence-electron chi connectivity index (χ0n) is 9.45. The lowest BCUT2D eigenvalue weighted by Crippen LogP contribution is -2.37. The largest absolute Gasteiger partial charge is 0.369 e. The Bertz CT molecular complexity index is 370. The molecule has 0 aliphatic carbocycles. The van der Waals surface area contributed by atoms with Crippen LogP contribution in [0.5, 0.6) is 0 Å². The van der Waals surface area contributed by atoms with Crippen molar-refractivity contribution in [1.82, 2.24) is 0 Å². The summed E-state index contributed by atoms with van der Waals surface area (Å²) in [5.41, 5.74) is 8.34. The first-order valence-corrected chi connectivity index (χ1v) is 7.40. The summed E-state index contributed by atoms with van der Waals surface area (Å²) in [5, 5.41) is 0.711. The predicted molar refractivity (Wildman–Crippen MR) is 76.2 cm³/mol. The topological polar surface area (TPSA) is 29.3 Å². The smallest absolute Gasteiger partial charge is 0.0413 e. The SMILES string of the molecule is CC1CN(c2ccc(Br)cc2CN)CCS1. The van der Waals surface area contributed by atoms with E-state index < -0.39 is 0 Å². The van der Waals surface area contributed by atoms with E-state index in [9.17, 15) is 0 Å². The Morgan fingerprint density at radius 2 is 2.38 bits per heavy atom. The molecule has 16 heavy (non-hydrogen) atoms.